The van der Waals surface area contributed by atoms with Crippen LogP contribution in [0, 0.1) is 11.8 Å². The Kier molecular flexibility index (Phi) is 3.68. The zero-order chi connectivity index (χ0) is 12.6. The Labute approximate surface area is 112 Å². The van der Waals surface area contributed by atoms with Gasteiger partial charge in [-0.15, -0.1) is 0 Å². The predicted molar refractivity (Wildman–Crippen MR) is 76.5 cm³/mol. The molecular weight excluding hydrogens is 220 g/mol. The van der Waals surface area contributed by atoms with Gasteiger partial charge in [-0.05, 0) is 50.5 Å². The van der Waals surface area contributed by atoms with Crippen LogP contribution >= 0.6 is 0 Å². The van der Waals surface area contributed by atoms with Gasteiger partial charge >= 0.3 is 0 Å². The van der Waals surface area contributed by atoms with Gasteiger partial charge in [0.05, 0.1) is 0 Å². The Bertz CT molecular complexity index is 291. The van der Waals surface area contributed by atoms with Crippen molar-refractivity contribution < 1.29 is 0 Å². The molecule has 0 aromatic rings. The molecule has 104 valence electrons. The van der Waals surface area contributed by atoms with Gasteiger partial charge in [-0.2, -0.15) is 0 Å². The smallest absolute Gasteiger partial charge is 0.0360 e. The lowest BCUT2D eigenvalue weighted by molar-refractivity contribution is -0.0106. The fourth-order valence-electron chi connectivity index (χ4n) is 5.20. The van der Waals surface area contributed by atoms with Crippen LogP contribution < -0.4 is 5.73 Å². The summed E-state index contributed by atoms with van der Waals surface area (Å²) in [6, 6.07) is 0.878. The van der Waals surface area contributed by atoms with Crippen molar-refractivity contribution >= 4 is 0 Å². The van der Waals surface area contributed by atoms with Crippen LogP contribution in [0.2, 0.25) is 0 Å². The van der Waals surface area contributed by atoms with Crippen LogP contribution in [-0.4, -0.2) is 29.6 Å². The third-order valence-corrected chi connectivity index (χ3v) is 6.35. The first-order valence-electron chi connectivity index (χ1n) is 8.25. The molecule has 2 N–H and O–H groups in total. The molecule has 4 unspecified atom stereocenters. The summed E-state index contributed by atoms with van der Waals surface area (Å²) in [6.07, 6.45) is 12.9. The molecule has 1 heterocycles. The highest BCUT2D eigenvalue weighted by Gasteiger charge is 2.49. The molecule has 18 heavy (non-hydrogen) atoms. The maximum atomic E-state index is 6.29. The summed E-state index contributed by atoms with van der Waals surface area (Å²) in [5.41, 5.74) is 6.64. The summed E-state index contributed by atoms with van der Waals surface area (Å²) in [5.74, 6) is 1.80. The van der Waals surface area contributed by atoms with Crippen LogP contribution in [-0.2, 0) is 0 Å². The zero-order valence-electron chi connectivity index (χ0n) is 12.0. The van der Waals surface area contributed by atoms with Crippen molar-refractivity contribution in [2.24, 2.45) is 17.6 Å². The van der Waals surface area contributed by atoms with Crippen LogP contribution in [0.25, 0.3) is 0 Å². The second-order valence-electron chi connectivity index (χ2n) is 7.05. The van der Waals surface area contributed by atoms with Crippen molar-refractivity contribution in [3.05, 3.63) is 0 Å². The molecule has 0 spiro atoms. The lowest BCUT2D eigenvalue weighted by atomic mass is 9.71. The number of nitrogens with zero attached hydrogens (tertiary/aromatic N) is 1. The van der Waals surface area contributed by atoms with E-state index in [9.17, 15) is 0 Å². The third kappa shape index (κ3) is 1.92. The second-order valence-corrected chi connectivity index (χ2v) is 7.05. The minimum atomic E-state index is 0.356. The van der Waals surface area contributed by atoms with E-state index >= 15 is 0 Å². The van der Waals surface area contributed by atoms with Gasteiger partial charge in [0.15, 0.2) is 0 Å². The molecule has 3 aliphatic rings. The summed E-state index contributed by atoms with van der Waals surface area (Å²) < 4.78 is 0. The summed E-state index contributed by atoms with van der Waals surface area (Å²) in [7, 11) is 0. The largest absolute Gasteiger partial charge is 0.329 e. The molecule has 3 fully saturated rings. The Morgan fingerprint density at radius 3 is 2.61 bits per heavy atom. The first-order valence-corrected chi connectivity index (χ1v) is 8.25. The van der Waals surface area contributed by atoms with Crippen molar-refractivity contribution in [3.63, 3.8) is 0 Å². The molecule has 0 aromatic carbocycles. The van der Waals surface area contributed by atoms with Crippen LogP contribution in [0.15, 0.2) is 0 Å². The minimum absolute atomic E-state index is 0.356. The second kappa shape index (κ2) is 5.13. The Morgan fingerprint density at radius 1 is 1.06 bits per heavy atom. The number of nitrogens with two attached hydrogens (primary N) is 1. The van der Waals surface area contributed by atoms with E-state index in [2.05, 4.69) is 11.8 Å². The highest BCUT2D eigenvalue weighted by atomic mass is 15.3. The zero-order valence-corrected chi connectivity index (χ0v) is 12.0. The van der Waals surface area contributed by atoms with Gasteiger partial charge in [0, 0.05) is 18.1 Å². The molecule has 4 atom stereocenters. The predicted octanol–water partition coefficient (Wildman–Crippen LogP) is 3.16. The molecule has 2 heteroatoms. The molecule has 2 nitrogen and oxygen atoms in total. The molecule has 2 saturated carbocycles. The van der Waals surface area contributed by atoms with Crippen LogP contribution in [0.4, 0.5) is 0 Å². The number of hydrogen-bond acceptors (Lipinski definition) is 2. The number of likely N-dealkylation sites (tertiary alicyclic amines) is 1. The normalized spacial score (nSPS) is 46.0. The van der Waals surface area contributed by atoms with E-state index in [1.807, 2.05) is 0 Å². The average Bonchev–Trinajstić information content (AvgIpc) is 2.84. The lowest BCUT2D eigenvalue weighted by Gasteiger charge is -2.52. The fraction of sp³-hybridized carbons (Fsp3) is 1.00. The van der Waals surface area contributed by atoms with Gasteiger partial charge in [-0.3, -0.25) is 4.90 Å². The lowest BCUT2D eigenvalue weighted by Crippen LogP contribution is -2.61. The van der Waals surface area contributed by atoms with Gasteiger partial charge in [0.1, 0.15) is 0 Å². The number of rotatable bonds is 2. The quantitative estimate of drug-likeness (QED) is 0.815. The average molecular weight is 250 g/mol. The van der Waals surface area contributed by atoms with E-state index < -0.39 is 0 Å². The van der Waals surface area contributed by atoms with Crippen LogP contribution in [0.5, 0.6) is 0 Å². The Morgan fingerprint density at radius 2 is 1.83 bits per heavy atom. The minimum Gasteiger partial charge on any atom is -0.329 e. The van der Waals surface area contributed by atoms with Gasteiger partial charge in [0.2, 0.25) is 0 Å². The third-order valence-electron chi connectivity index (χ3n) is 6.35. The molecule has 0 radical (unpaired) electrons. The molecule has 0 aromatic heterocycles. The molecule has 0 amide bonds. The van der Waals surface area contributed by atoms with Crippen molar-refractivity contribution in [3.8, 4) is 0 Å². The highest BCUT2D eigenvalue weighted by Crippen LogP contribution is 2.46. The standard InChI is InChI=1S/C16H30N2/c1-13-6-4-5-10-16(13,12-17)18-11-9-14-7-2-3-8-15(14)18/h13-15H,2-12,17H2,1H3. The van der Waals surface area contributed by atoms with Gasteiger partial charge < -0.3 is 5.73 Å². The van der Waals surface area contributed by atoms with E-state index in [-0.39, 0.29) is 0 Å². The summed E-state index contributed by atoms with van der Waals surface area (Å²) in [5, 5.41) is 0. The van der Waals surface area contributed by atoms with Crippen molar-refractivity contribution in [2.45, 2.75) is 76.3 Å². The van der Waals surface area contributed by atoms with E-state index in [0.29, 0.717) is 5.54 Å². The maximum absolute atomic E-state index is 6.29. The van der Waals surface area contributed by atoms with E-state index in [4.69, 9.17) is 5.73 Å². The van der Waals surface area contributed by atoms with Crippen molar-refractivity contribution in [1.29, 1.82) is 0 Å². The Balaban J connectivity index is 1.82. The van der Waals surface area contributed by atoms with Gasteiger partial charge in [0.25, 0.3) is 0 Å². The fourth-order valence-corrected chi connectivity index (χ4v) is 5.20. The number of fused-ring (bicyclic) bond motifs is 1. The molecule has 3 rings (SSSR count). The Hall–Kier alpha value is -0.0800. The molecule has 1 aliphatic heterocycles. The molecule has 0 bridgehead atoms. The first-order chi connectivity index (χ1) is 8.78. The first kappa shape index (κ1) is 12.9. The summed E-state index contributed by atoms with van der Waals surface area (Å²) >= 11 is 0. The van der Waals surface area contributed by atoms with Crippen molar-refractivity contribution in [1.82, 2.24) is 4.90 Å². The number of hydrogen-bond donors (Lipinski definition) is 1. The van der Waals surface area contributed by atoms with E-state index in [1.165, 1.54) is 64.3 Å². The highest BCUT2D eigenvalue weighted by molar-refractivity contribution is 5.05. The molecular formula is C16H30N2. The van der Waals surface area contributed by atoms with Gasteiger partial charge in [-0.25, -0.2) is 0 Å². The van der Waals surface area contributed by atoms with Crippen LogP contribution in [0.3, 0.4) is 0 Å². The monoisotopic (exact) mass is 250 g/mol. The van der Waals surface area contributed by atoms with E-state index in [1.54, 1.807) is 0 Å². The maximum Gasteiger partial charge on any atom is 0.0360 e. The molecule has 1 saturated heterocycles. The van der Waals surface area contributed by atoms with Crippen molar-refractivity contribution in [2.75, 3.05) is 13.1 Å². The summed E-state index contributed by atoms with van der Waals surface area (Å²) in [4.78, 5) is 2.89. The summed E-state index contributed by atoms with van der Waals surface area (Å²) in [6.45, 7) is 4.68. The SMILES string of the molecule is CC1CCCCC1(CN)N1CCC2CCCCC21. The topological polar surface area (TPSA) is 29.3 Å². The molecule has 2 aliphatic carbocycles. The van der Waals surface area contributed by atoms with E-state index in [0.717, 1.165) is 24.4 Å². The van der Waals surface area contributed by atoms with Gasteiger partial charge in [-0.1, -0.05) is 32.6 Å². The van der Waals surface area contributed by atoms with Crippen LogP contribution in [0.1, 0.15) is 64.7 Å².